The summed E-state index contributed by atoms with van der Waals surface area (Å²) in [6.45, 7) is 6.47. The molecule has 19 heavy (non-hydrogen) atoms. The van der Waals surface area contributed by atoms with Gasteiger partial charge in [0.05, 0.1) is 0 Å². The Morgan fingerprint density at radius 1 is 1.00 bits per heavy atom. The molecule has 0 amide bonds. The van der Waals surface area contributed by atoms with Crippen LogP contribution in [0, 0.1) is 13.8 Å². The van der Waals surface area contributed by atoms with Crippen LogP contribution >= 0.6 is 0 Å². The topological polar surface area (TPSA) is 0 Å². The largest absolute Gasteiger partial charge is 4.00 e. The van der Waals surface area contributed by atoms with Crippen LogP contribution < -0.4 is 24.8 Å². The zero-order valence-corrected chi connectivity index (χ0v) is 17.0. The van der Waals surface area contributed by atoms with Crippen molar-refractivity contribution in [3.63, 3.8) is 0 Å². The van der Waals surface area contributed by atoms with Crippen molar-refractivity contribution in [1.29, 1.82) is 0 Å². The Hall–Kier alpha value is 0.150. The maximum atomic E-state index is 2.23. The molecule has 0 radical (unpaired) electrons. The van der Waals surface area contributed by atoms with Gasteiger partial charge in [-0.2, -0.15) is 34.9 Å². The summed E-state index contributed by atoms with van der Waals surface area (Å²) >= 11 is 0. The summed E-state index contributed by atoms with van der Waals surface area (Å²) in [6, 6.07) is 14.9. The van der Waals surface area contributed by atoms with Gasteiger partial charge in [0, 0.05) is 0 Å². The van der Waals surface area contributed by atoms with E-state index in [-0.39, 0.29) is 50.7 Å². The smallest absolute Gasteiger partial charge is 1.00 e. The van der Waals surface area contributed by atoms with Gasteiger partial charge in [-0.1, -0.05) is 40.0 Å². The average molecular weight is 464 g/mol. The van der Waals surface area contributed by atoms with Crippen LogP contribution in [0.4, 0.5) is 0 Å². The summed E-state index contributed by atoms with van der Waals surface area (Å²) in [6.07, 6.45) is 3.87. The van der Waals surface area contributed by atoms with Crippen LogP contribution in [-0.4, -0.2) is 0 Å². The minimum absolute atomic E-state index is 0. The Balaban J connectivity index is -0.000000237. The quantitative estimate of drug-likeness (QED) is 0.395. The fraction of sp³-hybridized carbons (Fsp3) is 0.375. The number of halogens is 2. The van der Waals surface area contributed by atoms with Crippen molar-refractivity contribution in [3.05, 3.63) is 59.2 Å². The van der Waals surface area contributed by atoms with Crippen molar-refractivity contribution < 1.29 is 50.7 Å². The first-order valence-corrected chi connectivity index (χ1v) is 6.13. The molecule has 2 aromatic carbocycles. The van der Waals surface area contributed by atoms with Crippen molar-refractivity contribution in [2.45, 2.75) is 40.0 Å². The molecule has 0 aromatic heterocycles. The monoisotopic (exact) mass is 464 g/mol. The molecule has 0 saturated heterocycles. The van der Waals surface area contributed by atoms with Gasteiger partial charge in [0.1, 0.15) is 0 Å². The van der Waals surface area contributed by atoms with Crippen molar-refractivity contribution in [1.82, 2.24) is 0 Å². The second-order valence-corrected chi connectivity index (χ2v) is 4.29. The van der Waals surface area contributed by atoms with Gasteiger partial charge in [-0.25, -0.2) is 24.3 Å². The van der Waals surface area contributed by atoms with Crippen LogP contribution in [0.2, 0.25) is 0 Å². The third-order valence-electron chi connectivity index (χ3n) is 2.87. The Morgan fingerprint density at radius 3 is 1.89 bits per heavy atom. The van der Waals surface area contributed by atoms with E-state index in [2.05, 4.69) is 63.2 Å². The van der Waals surface area contributed by atoms with Gasteiger partial charge in [0.25, 0.3) is 0 Å². The van der Waals surface area contributed by atoms with Crippen LogP contribution in [0.15, 0.2) is 42.5 Å². The van der Waals surface area contributed by atoms with E-state index in [9.17, 15) is 0 Å². The molecule has 0 nitrogen and oxygen atoms in total. The Labute approximate surface area is 149 Å². The zero-order chi connectivity index (χ0) is 11.8. The first-order chi connectivity index (χ1) is 7.74. The van der Waals surface area contributed by atoms with Crippen LogP contribution in [-0.2, 0) is 32.3 Å². The SMILES string of the molecule is CCCC[c-]1cccc1.Cc1ccc[c-]1C.[Cl-].[Cl-].[Hf+4]. The van der Waals surface area contributed by atoms with Crippen molar-refractivity contribution >= 4 is 0 Å². The third-order valence-corrected chi connectivity index (χ3v) is 2.87. The van der Waals surface area contributed by atoms with Gasteiger partial charge < -0.3 is 24.8 Å². The van der Waals surface area contributed by atoms with E-state index in [1.54, 1.807) is 0 Å². The predicted octanol–water partition coefficient (Wildman–Crippen LogP) is -1.22. The van der Waals surface area contributed by atoms with E-state index >= 15 is 0 Å². The van der Waals surface area contributed by atoms with Crippen molar-refractivity contribution in [2.75, 3.05) is 0 Å². The molecule has 0 N–H and O–H groups in total. The molecule has 0 spiro atoms. The number of unbranched alkanes of at least 4 members (excludes halogenated alkanes) is 1. The zero-order valence-electron chi connectivity index (χ0n) is 11.9. The molecule has 2 aromatic rings. The molecule has 0 unspecified atom stereocenters. The van der Waals surface area contributed by atoms with Crippen LogP contribution in [0.5, 0.6) is 0 Å². The summed E-state index contributed by atoms with van der Waals surface area (Å²) in [5.74, 6) is 0. The number of rotatable bonds is 3. The van der Waals surface area contributed by atoms with E-state index in [1.807, 2.05) is 0 Å². The summed E-state index contributed by atoms with van der Waals surface area (Å²) in [4.78, 5) is 0. The Bertz CT molecular complexity index is 361. The fourth-order valence-corrected chi connectivity index (χ4v) is 1.56. The van der Waals surface area contributed by atoms with Gasteiger partial charge in [-0.3, -0.25) is 0 Å². The first-order valence-electron chi connectivity index (χ1n) is 6.13. The maximum Gasteiger partial charge on any atom is 4.00 e. The molecule has 0 fully saturated rings. The van der Waals surface area contributed by atoms with E-state index in [0.29, 0.717) is 0 Å². The molecule has 2 rings (SSSR count). The Kier molecular flexibility index (Phi) is 18.5. The normalized spacial score (nSPS) is 8.16. The maximum absolute atomic E-state index is 2.23. The molecule has 104 valence electrons. The molecule has 3 heteroatoms. The summed E-state index contributed by atoms with van der Waals surface area (Å²) in [7, 11) is 0. The van der Waals surface area contributed by atoms with E-state index in [0.717, 1.165) is 0 Å². The van der Waals surface area contributed by atoms with E-state index in [1.165, 1.54) is 36.0 Å². The molecule has 0 heterocycles. The average Bonchev–Trinajstić information content (AvgIpc) is 2.90. The van der Waals surface area contributed by atoms with Gasteiger partial charge in [0.2, 0.25) is 0 Å². The summed E-state index contributed by atoms with van der Waals surface area (Å²) in [5.41, 5.74) is 4.26. The van der Waals surface area contributed by atoms with Crippen molar-refractivity contribution in [2.24, 2.45) is 0 Å². The first kappa shape index (κ1) is 24.2. The molecule has 0 atom stereocenters. The fourth-order valence-electron chi connectivity index (χ4n) is 1.56. The molecular weight excluding hydrogens is 442 g/mol. The predicted molar refractivity (Wildman–Crippen MR) is 72.2 cm³/mol. The molecule has 0 saturated carbocycles. The molecular formula is C16H22Cl2Hf. The molecule has 0 aliphatic heterocycles. The second kappa shape index (κ2) is 14.6. The number of hydrogen-bond acceptors (Lipinski definition) is 0. The number of aryl methyl sites for hydroxylation is 3. The van der Waals surface area contributed by atoms with E-state index < -0.39 is 0 Å². The summed E-state index contributed by atoms with van der Waals surface area (Å²) in [5, 5.41) is 0. The molecule has 0 aliphatic carbocycles. The van der Waals surface area contributed by atoms with Gasteiger partial charge in [-0.15, -0.1) is 0 Å². The third kappa shape index (κ3) is 10.6. The van der Waals surface area contributed by atoms with Crippen molar-refractivity contribution in [3.8, 4) is 0 Å². The second-order valence-electron chi connectivity index (χ2n) is 4.29. The van der Waals surface area contributed by atoms with Gasteiger partial charge in [-0.05, 0) is 0 Å². The van der Waals surface area contributed by atoms with Gasteiger partial charge >= 0.3 is 25.8 Å². The van der Waals surface area contributed by atoms with Gasteiger partial charge in [0.15, 0.2) is 0 Å². The minimum Gasteiger partial charge on any atom is -1.00 e. The molecule has 0 bridgehead atoms. The molecule has 0 aliphatic rings. The minimum atomic E-state index is 0. The van der Waals surface area contributed by atoms with E-state index in [4.69, 9.17) is 0 Å². The van der Waals surface area contributed by atoms with Crippen LogP contribution in [0.25, 0.3) is 0 Å². The Morgan fingerprint density at radius 2 is 1.58 bits per heavy atom. The standard InChI is InChI=1S/C9H13.C7H9.2ClH.Hf/c1-2-3-6-9-7-4-5-8-9;1-6-4-3-5-7(6)2;;;/h4-5,7-8H,2-3,6H2,1H3;3-5H,1-2H3;2*1H;/q2*-1;;;+4/p-2. The van der Waals surface area contributed by atoms with Crippen LogP contribution in [0.3, 0.4) is 0 Å². The summed E-state index contributed by atoms with van der Waals surface area (Å²) < 4.78 is 0. The van der Waals surface area contributed by atoms with Crippen LogP contribution in [0.1, 0.15) is 36.5 Å². The number of hydrogen-bond donors (Lipinski definition) is 0.